The molecule has 0 saturated carbocycles. The molecule has 0 unspecified atom stereocenters. The molecule has 2 aromatic carbocycles. The second-order valence-electron chi connectivity index (χ2n) is 4.70. The number of aryl methyl sites for hydroxylation is 3. The molecule has 0 aliphatic rings. The fourth-order valence-corrected chi connectivity index (χ4v) is 1.80. The maximum absolute atomic E-state index is 2.26. The Kier molecular flexibility index (Phi) is 24.8. The van der Waals surface area contributed by atoms with Crippen molar-refractivity contribution in [2.75, 3.05) is 0 Å². The van der Waals surface area contributed by atoms with Crippen LogP contribution in [0.2, 0.25) is 0 Å². The third-order valence-corrected chi connectivity index (χ3v) is 3.04. The maximum Gasteiger partial charge on any atom is -0.0228 e. The van der Waals surface area contributed by atoms with Crippen molar-refractivity contribution < 1.29 is 0 Å². The van der Waals surface area contributed by atoms with Crippen molar-refractivity contribution in [3.63, 3.8) is 0 Å². The quantitative estimate of drug-likeness (QED) is 0.512. The Morgan fingerprint density at radius 1 is 0.760 bits per heavy atom. The van der Waals surface area contributed by atoms with Crippen LogP contribution in [0, 0.1) is 13.8 Å². The summed E-state index contributed by atoms with van der Waals surface area (Å²) in [5, 5.41) is 0. The van der Waals surface area contributed by atoms with Crippen molar-refractivity contribution in [2.45, 2.75) is 75.7 Å². The monoisotopic (exact) mass is 342 g/mol. The predicted molar refractivity (Wildman–Crippen MR) is 120 cm³/mol. The van der Waals surface area contributed by atoms with Crippen LogP contribution in [0.5, 0.6) is 0 Å². The van der Waals surface area contributed by atoms with E-state index in [0.29, 0.717) is 0 Å². The molecule has 0 radical (unpaired) electrons. The predicted octanol–water partition coefficient (Wildman–Crippen LogP) is 8.66. The first-order valence-corrected chi connectivity index (χ1v) is 9.91. The molecule has 0 nitrogen and oxygen atoms in total. The van der Waals surface area contributed by atoms with E-state index in [1.54, 1.807) is 0 Å². The van der Waals surface area contributed by atoms with Gasteiger partial charge in [0.05, 0.1) is 0 Å². The molecule has 0 aliphatic carbocycles. The highest BCUT2D eigenvalue weighted by Crippen LogP contribution is 2.13. The molecule has 25 heavy (non-hydrogen) atoms. The summed E-state index contributed by atoms with van der Waals surface area (Å²) in [6.45, 7) is 20.5. The van der Waals surface area contributed by atoms with Crippen molar-refractivity contribution in [3.05, 3.63) is 76.9 Å². The van der Waals surface area contributed by atoms with E-state index in [4.69, 9.17) is 0 Å². The third-order valence-electron chi connectivity index (χ3n) is 3.04. The van der Waals surface area contributed by atoms with Gasteiger partial charge in [0.1, 0.15) is 0 Å². The van der Waals surface area contributed by atoms with Gasteiger partial charge in [0, 0.05) is 0 Å². The lowest BCUT2D eigenvalue weighted by atomic mass is 10.0. The molecule has 0 N–H and O–H groups in total. The van der Waals surface area contributed by atoms with Gasteiger partial charge in [-0.1, -0.05) is 115 Å². The summed E-state index contributed by atoms with van der Waals surface area (Å²) in [4.78, 5) is 0. The second-order valence-corrected chi connectivity index (χ2v) is 4.70. The topological polar surface area (TPSA) is 0 Å². The van der Waals surface area contributed by atoms with Crippen molar-refractivity contribution in [2.24, 2.45) is 0 Å². The van der Waals surface area contributed by atoms with Crippen molar-refractivity contribution >= 4 is 6.08 Å². The van der Waals surface area contributed by atoms with Crippen LogP contribution in [-0.4, -0.2) is 0 Å². The first-order chi connectivity index (χ1) is 12.2. The summed E-state index contributed by atoms with van der Waals surface area (Å²) in [5.41, 5.74) is 5.43. The fourth-order valence-electron chi connectivity index (χ4n) is 1.80. The second kappa shape index (κ2) is 22.2. The summed E-state index contributed by atoms with van der Waals surface area (Å²) < 4.78 is 0. The third kappa shape index (κ3) is 15.4. The summed E-state index contributed by atoms with van der Waals surface area (Å²) in [6.07, 6.45) is 5.36. The van der Waals surface area contributed by atoms with Crippen LogP contribution in [0.15, 0.2) is 54.6 Å². The molecule has 0 bridgehead atoms. The minimum absolute atomic E-state index is 1.12. The average Bonchev–Trinajstić information content (AvgIpc) is 2.70. The molecular formula is C25H42. The average molecular weight is 343 g/mol. The van der Waals surface area contributed by atoms with Gasteiger partial charge in [0.2, 0.25) is 0 Å². The Bertz CT molecular complexity index is 507. The van der Waals surface area contributed by atoms with Gasteiger partial charge in [0.25, 0.3) is 0 Å². The van der Waals surface area contributed by atoms with E-state index in [1.807, 2.05) is 59.7 Å². The van der Waals surface area contributed by atoms with Crippen LogP contribution in [0.1, 0.15) is 77.6 Å². The molecule has 0 aromatic heterocycles. The summed E-state index contributed by atoms with van der Waals surface area (Å²) in [5.74, 6) is 0. The molecule has 0 amide bonds. The SMILES string of the molecule is C/C=C\c1cc(CC)ccc1C.CC.CC.CC.Cc1ccccc1. The zero-order valence-electron chi connectivity index (χ0n) is 18.5. The van der Waals surface area contributed by atoms with Gasteiger partial charge in [-0.25, -0.2) is 0 Å². The smallest absolute Gasteiger partial charge is 0.0228 e. The molecule has 0 heteroatoms. The zero-order chi connectivity index (χ0) is 20.1. The molecule has 142 valence electrons. The zero-order valence-corrected chi connectivity index (χ0v) is 18.5. The van der Waals surface area contributed by atoms with Gasteiger partial charge in [-0.15, -0.1) is 0 Å². The molecule has 0 heterocycles. The highest BCUT2D eigenvalue weighted by atomic mass is 14.0. The van der Waals surface area contributed by atoms with Gasteiger partial charge < -0.3 is 0 Å². The van der Waals surface area contributed by atoms with Crippen LogP contribution in [0.25, 0.3) is 6.08 Å². The summed E-state index contributed by atoms with van der Waals surface area (Å²) in [6, 6.07) is 16.9. The largest absolute Gasteiger partial charge is 0.0871 e. The van der Waals surface area contributed by atoms with E-state index in [2.05, 4.69) is 70.2 Å². The van der Waals surface area contributed by atoms with Gasteiger partial charge in [-0.2, -0.15) is 0 Å². The van der Waals surface area contributed by atoms with Gasteiger partial charge in [-0.05, 0) is 43.9 Å². The fraction of sp³-hybridized carbons (Fsp3) is 0.440. The Morgan fingerprint density at radius 3 is 1.64 bits per heavy atom. The van der Waals surface area contributed by atoms with Crippen molar-refractivity contribution in [1.29, 1.82) is 0 Å². The van der Waals surface area contributed by atoms with E-state index < -0.39 is 0 Å². The molecule has 0 spiro atoms. The van der Waals surface area contributed by atoms with Crippen LogP contribution < -0.4 is 0 Å². The number of hydrogen-bond donors (Lipinski definition) is 0. The van der Waals surface area contributed by atoms with E-state index in [9.17, 15) is 0 Å². The van der Waals surface area contributed by atoms with E-state index in [-0.39, 0.29) is 0 Å². The highest BCUT2D eigenvalue weighted by Gasteiger charge is 1.94. The summed E-state index contributed by atoms with van der Waals surface area (Å²) in [7, 11) is 0. The number of rotatable bonds is 2. The normalized spacial score (nSPS) is 8.40. The molecule has 0 saturated heterocycles. The minimum atomic E-state index is 1.12. The van der Waals surface area contributed by atoms with E-state index >= 15 is 0 Å². The molecule has 0 aliphatic heterocycles. The highest BCUT2D eigenvalue weighted by molar-refractivity contribution is 5.54. The van der Waals surface area contributed by atoms with E-state index in [1.165, 1.54) is 22.3 Å². The van der Waals surface area contributed by atoms with E-state index in [0.717, 1.165) is 6.42 Å². The van der Waals surface area contributed by atoms with Gasteiger partial charge >= 0.3 is 0 Å². The lowest BCUT2D eigenvalue weighted by molar-refractivity contribution is 1.13. The van der Waals surface area contributed by atoms with Crippen LogP contribution in [0.3, 0.4) is 0 Å². The lowest BCUT2D eigenvalue weighted by Gasteiger charge is -2.02. The number of hydrogen-bond acceptors (Lipinski definition) is 0. The minimum Gasteiger partial charge on any atom is -0.0871 e. The van der Waals surface area contributed by atoms with Crippen LogP contribution >= 0.6 is 0 Å². The van der Waals surface area contributed by atoms with Crippen LogP contribution in [-0.2, 0) is 6.42 Å². The van der Waals surface area contributed by atoms with Crippen molar-refractivity contribution in [1.82, 2.24) is 0 Å². The first kappa shape index (κ1) is 28.0. The Balaban J connectivity index is -0.000000317. The number of allylic oxidation sites excluding steroid dienone is 1. The summed E-state index contributed by atoms with van der Waals surface area (Å²) >= 11 is 0. The Hall–Kier alpha value is -1.82. The lowest BCUT2D eigenvalue weighted by Crippen LogP contribution is -1.85. The standard InChI is InChI=1S/C12H16.C7H8.3C2H6/c1-4-6-12-9-11(5-2)8-7-10(12)3;1-7-5-3-2-4-6-7;3*1-2/h4,6-9H,5H2,1-3H3;2-6H,1H3;3*1-2H3/b6-4-;;;;. The molecular weight excluding hydrogens is 300 g/mol. The van der Waals surface area contributed by atoms with Crippen LogP contribution in [0.4, 0.5) is 0 Å². The van der Waals surface area contributed by atoms with Gasteiger partial charge in [0.15, 0.2) is 0 Å². The number of benzene rings is 2. The molecule has 2 rings (SSSR count). The Morgan fingerprint density at radius 2 is 1.28 bits per heavy atom. The molecule has 2 aromatic rings. The van der Waals surface area contributed by atoms with Crippen molar-refractivity contribution in [3.8, 4) is 0 Å². The molecule has 0 atom stereocenters. The molecule has 0 fully saturated rings. The van der Waals surface area contributed by atoms with Gasteiger partial charge in [-0.3, -0.25) is 0 Å². The maximum atomic E-state index is 2.26. The first-order valence-electron chi connectivity index (χ1n) is 9.91. The Labute approximate surface area is 159 Å².